The van der Waals surface area contributed by atoms with Gasteiger partial charge in [0.2, 0.25) is 15.9 Å². The number of likely N-dealkylation sites (tertiary alicyclic amines) is 1. The largest absolute Gasteiger partial charge is 0.376 e. The molecule has 7 nitrogen and oxygen atoms in total. The number of nitrogens with zero attached hydrogens (tertiary/aromatic N) is 2. The van der Waals surface area contributed by atoms with Gasteiger partial charge in [0.25, 0.3) is 0 Å². The third-order valence-electron chi connectivity index (χ3n) is 6.14. The number of ether oxygens (including phenoxy) is 1. The molecule has 1 saturated carbocycles. The van der Waals surface area contributed by atoms with Crippen LogP contribution in [0.2, 0.25) is 0 Å². The lowest BCUT2D eigenvalue weighted by Crippen LogP contribution is -2.59. The average Bonchev–Trinajstić information content (AvgIpc) is 2.73. The lowest BCUT2D eigenvalue weighted by molar-refractivity contribution is -0.137. The van der Waals surface area contributed by atoms with Crippen LogP contribution < -0.4 is 4.72 Å². The zero-order valence-electron chi connectivity index (χ0n) is 17.5. The van der Waals surface area contributed by atoms with Crippen molar-refractivity contribution in [3.8, 4) is 6.07 Å². The molecule has 3 rings (SSSR count). The van der Waals surface area contributed by atoms with Crippen molar-refractivity contribution >= 4 is 15.9 Å². The van der Waals surface area contributed by atoms with Crippen molar-refractivity contribution in [2.75, 3.05) is 19.4 Å². The molecule has 0 spiro atoms. The Hall–Kier alpha value is -1.95. The summed E-state index contributed by atoms with van der Waals surface area (Å²) in [7, 11) is -3.41. The van der Waals surface area contributed by atoms with Crippen LogP contribution in [0.15, 0.2) is 30.3 Å². The van der Waals surface area contributed by atoms with E-state index >= 15 is 0 Å². The number of benzene rings is 1. The Kier molecular flexibility index (Phi) is 7.87. The SMILES string of the molecule is CS(=O)(=O)N[C@H]1CCCN(C(=O)CC#N)[C@H]1COC1CCC(c2ccccc2)CC1. The Balaban J connectivity index is 1.60. The molecule has 0 radical (unpaired) electrons. The summed E-state index contributed by atoms with van der Waals surface area (Å²) in [4.78, 5) is 14.1. The molecule has 30 heavy (non-hydrogen) atoms. The lowest BCUT2D eigenvalue weighted by Gasteiger charge is -2.42. The maximum Gasteiger partial charge on any atom is 0.237 e. The Morgan fingerprint density at radius 1 is 1.20 bits per heavy atom. The third-order valence-corrected chi connectivity index (χ3v) is 6.87. The molecule has 2 fully saturated rings. The van der Waals surface area contributed by atoms with Gasteiger partial charge in [-0.25, -0.2) is 13.1 Å². The average molecular weight is 434 g/mol. The molecule has 1 aliphatic carbocycles. The molecule has 1 aromatic carbocycles. The van der Waals surface area contributed by atoms with E-state index in [9.17, 15) is 13.2 Å². The summed E-state index contributed by atoms with van der Waals surface area (Å²) in [6.07, 6.45) is 6.39. The molecule has 2 aliphatic rings. The van der Waals surface area contributed by atoms with E-state index in [1.807, 2.05) is 12.1 Å². The molecule has 1 aromatic rings. The van der Waals surface area contributed by atoms with Crippen molar-refractivity contribution in [2.45, 2.75) is 69.1 Å². The number of amides is 1. The summed E-state index contributed by atoms with van der Waals surface area (Å²) in [5.74, 6) is 0.285. The highest BCUT2D eigenvalue weighted by molar-refractivity contribution is 7.88. The molecule has 1 saturated heterocycles. The summed E-state index contributed by atoms with van der Waals surface area (Å²) in [5, 5.41) is 8.92. The Morgan fingerprint density at radius 3 is 2.53 bits per heavy atom. The van der Waals surface area contributed by atoms with Gasteiger partial charge < -0.3 is 9.64 Å². The monoisotopic (exact) mass is 433 g/mol. The van der Waals surface area contributed by atoms with Gasteiger partial charge in [0.15, 0.2) is 0 Å². The van der Waals surface area contributed by atoms with Gasteiger partial charge in [-0.1, -0.05) is 30.3 Å². The first kappa shape index (κ1) is 22.7. The summed E-state index contributed by atoms with van der Waals surface area (Å²) in [6, 6.07) is 11.6. The van der Waals surface area contributed by atoms with Crippen LogP contribution in [0.1, 0.15) is 56.4 Å². The molecule has 0 unspecified atom stereocenters. The number of hydrogen-bond donors (Lipinski definition) is 1. The van der Waals surface area contributed by atoms with E-state index in [1.165, 1.54) is 5.56 Å². The summed E-state index contributed by atoms with van der Waals surface area (Å²) >= 11 is 0. The number of sulfonamides is 1. The van der Waals surface area contributed by atoms with Gasteiger partial charge >= 0.3 is 0 Å². The minimum Gasteiger partial charge on any atom is -0.376 e. The van der Waals surface area contributed by atoms with Gasteiger partial charge in [-0.15, -0.1) is 0 Å². The molecule has 8 heteroatoms. The third kappa shape index (κ3) is 6.27. The number of carbonyl (C=O) groups is 1. The van der Waals surface area contributed by atoms with Crippen molar-refractivity contribution in [1.29, 1.82) is 5.26 Å². The number of piperidine rings is 1. The summed E-state index contributed by atoms with van der Waals surface area (Å²) < 4.78 is 32.5. The summed E-state index contributed by atoms with van der Waals surface area (Å²) in [5.41, 5.74) is 1.37. The number of carbonyl (C=O) groups excluding carboxylic acids is 1. The van der Waals surface area contributed by atoms with Crippen LogP contribution in [0.25, 0.3) is 0 Å². The van der Waals surface area contributed by atoms with Crippen LogP contribution in [0.4, 0.5) is 0 Å². The van der Waals surface area contributed by atoms with Gasteiger partial charge in [-0.05, 0) is 50.0 Å². The second-order valence-electron chi connectivity index (χ2n) is 8.35. The number of nitrogens with one attached hydrogen (secondary N) is 1. The predicted octanol–water partition coefficient (Wildman–Crippen LogP) is 2.55. The minimum atomic E-state index is -3.41. The molecule has 1 heterocycles. The molecule has 1 aliphatic heterocycles. The van der Waals surface area contributed by atoms with Crippen LogP contribution in [-0.4, -0.2) is 56.8 Å². The first-order valence-corrected chi connectivity index (χ1v) is 12.6. The van der Waals surface area contributed by atoms with Crippen molar-refractivity contribution < 1.29 is 17.9 Å². The first-order valence-electron chi connectivity index (χ1n) is 10.7. The Labute approximate surface area is 179 Å². The molecule has 164 valence electrons. The molecule has 0 bridgehead atoms. The molecule has 1 N–H and O–H groups in total. The van der Waals surface area contributed by atoms with Gasteiger partial charge in [0.05, 0.1) is 31.1 Å². The second-order valence-corrected chi connectivity index (χ2v) is 10.1. The topological polar surface area (TPSA) is 99.5 Å². The van der Waals surface area contributed by atoms with E-state index in [0.29, 0.717) is 25.3 Å². The standard InChI is InChI=1S/C22H31N3O4S/c1-30(27,28)24-20-8-5-15-25(22(26)13-14-23)21(20)16-29-19-11-9-18(10-12-19)17-6-3-2-4-7-17/h2-4,6-7,18-21,24H,5,8-13,15-16H2,1H3/t18?,19?,20-,21-/m0/s1. The van der Waals surface area contributed by atoms with E-state index in [1.54, 1.807) is 4.90 Å². The fourth-order valence-electron chi connectivity index (χ4n) is 4.68. The van der Waals surface area contributed by atoms with Crippen LogP contribution in [0.3, 0.4) is 0 Å². The van der Waals surface area contributed by atoms with E-state index < -0.39 is 16.1 Å². The van der Waals surface area contributed by atoms with Crippen molar-refractivity contribution in [3.63, 3.8) is 0 Å². The van der Waals surface area contributed by atoms with Crippen LogP contribution >= 0.6 is 0 Å². The van der Waals surface area contributed by atoms with Gasteiger partial charge in [-0.3, -0.25) is 4.79 Å². The summed E-state index contributed by atoms with van der Waals surface area (Å²) in [6.45, 7) is 0.808. The van der Waals surface area contributed by atoms with Gasteiger partial charge in [0.1, 0.15) is 6.42 Å². The first-order chi connectivity index (χ1) is 14.4. The number of hydrogen-bond acceptors (Lipinski definition) is 5. The molecule has 1 amide bonds. The van der Waals surface area contributed by atoms with Crippen molar-refractivity contribution in [2.24, 2.45) is 0 Å². The Bertz CT molecular complexity index is 845. The highest BCUT2D eigenvalue weighted by atomic mass is 32.2. The van der Waals surface area contributed by atoms with E-state index in [2.05, 4.69) is 29.0 Å². The van der Waals surface area contributed by atoms with E-state index in [-0.39, 0.29) is 31.1 Å². The van der Waals surface area contributed by atoms with Crippen molar-refractivity contribution in [1.82, 2.24) is 9.62 Å². The normalized spacial score (nSPS) is 27.4. The number of nitriles is 1. The van der Waals surface area contributed by atoms with Crippen LogP contribution in [-0.2, 0) is 19.6 Å². The second kappa shape index (κ2) is 10.4. The fourth-order valence-corrected chi connectivity index (χ4v) is 5.50. The lowest BCUT2D eigenvalue weighted by atomic mass is 9.83. The maximum absolute atomic E-state index is 12.4. The molecular weight excluding hydrogens is 402 g/mol. The zero-order chi connectivity index (χ0) is 21.6. The molecule has 0 aromatic heterocycles. The molecular formula is C22H31N3O4S. The van der Waals surface area contributed by atoms with Crippen molar-refractivity contribution in [3.05, 3.63) is 35.9 Å². The van der Waals surface area contributed by atoms with Crippen LogP contribution in [0.5, 0.6) is 0 Å². The fraction of sp³-hybridized carbons (Fsp3) is 0.636. The Morgan fingerprint density at radius 2 is 1.90 bits per heavy atom. The number of rotatable bonds is 7. The van der Waals surface area contributed by atoms with Crippen LogP contribution in [0, 0.1) is 11.3 Å². The highest BCUT2D eigenvalue weighted by Gasteiger charge is 2.36. The maximum atomic E-state index is 12.4. The van der Waals surface area contributed by atoms with Gasteiger partial charge in [-0.2, -0.15) is 5.26 Å². The highest BCUT2D eigenvalue weighted by Crippen LogP contribution is 2.34. The van der Waals surface area contributed by atoms with E-state index in [4.69, 9.17) is 10.00 Å². The predicted molar refractivity (Wildman–Crippen MR) is 114 cm³/mol. The van der Waals surface area contributed by atoms with Gasteiger partial charge in [0, 0.05) is 12.6 Å². The van der Waals surface area contributed by atoms with E-state index in [0.717, 1.165) is 31.9 Å². The molecule has 2 atom stereocenters. The zero-order valence-corrected chi connectivity index (χ0v) is 18.3. The minimum absolute atomic E-state index is 0.110. The quantitative estimate of drug-likeness (QED) is 0.712. The smallest absolute Gasteiger partial charge is 0.237 e.